The van der Waals surface area contributed by atoms with Gasteiger partial charge >= 0.3 is 0 Å². The molecule has 0 saturated carbocycles. The highest BCUT2D eigenvalue weighted by atomic mass is 16.7. The molecule has 0 aromatic heterocycles. The smallest absolute Gasteiger partial charge is 0.231 e. The predicted molar refractivity (Wildman–Crippen MR) is 83.2 cm³/mol. The number of ether oxygens (including phenoxy) is 2. The molecule has 0 bridgehead atoms. The van der Waals surface area contributed by atoms with Gasteiger partial charge in [-0.25, -0.2) is 0 Å². The Labute approximate surface area is 125 Å². The molecule has 2 N–H and O–H groups in total. The van der Waals surface area contributed by atoms with Crippen LogP contribution in [0.25, 0.3) is 0 Å². The lowest BCUT2D eigenvalue weighted by Gasteiger charge is -2.21. The Hall–Kier alpha value is -2.20. The summed E-state index contributed by atoms with van der Waals surface area (Å²) in [7, 11) is 0. The van der Waals surface area contributed by atoms with Crippen LogP contribution in [-0.2, 0) is 13.1 Å². The summed E-state index contributed by atoms with van der Waals surface area (Å²) >= 11 is 0. The second-order valence-corrected chi connectivity index (χ2v) is 5.24. The van der Waals surface area contributed by atoms with Crippen LogP contribution in [0.2, 0.25) is 0 Å². The topological polar surface area (TPSA) is 47.7 Å². The van der Waals surface area contributed by atoms with Crippen molar-refractivity contribution in [3.63, 3.8) is 0 Å². The van der Waals surface area contributed by atoms with Crippen molar-refractivity contribution in [3.05, 3.63) is 53.6 Å². The molecule has 0 amide bonds. The molecule has 4 nitrogen and oxygen atoms in total. The highest BCUT2D eigenvalue weighted by molar-refractivity contribution is 5.44. The zero-order valence-corrected chi connectivity index (χ0v) is 12.2. The zero-order valence-electron chi connectivity index (χ0n) is 12.2. The molecule has 110 valence electrons. The summed E-state index contributed by atoms with van der Waals surface area (Å²) < 4.78 is 10.8. The van der Waals surface area contributed by atoms with E-state index in [9.17, 15) is 0 Å². The van der Waals surface area contributed by atoms with Crippen molar-refractivity contribution in [2.45, 2.75) is 20.0 Å². The van der Waals surface area contributed by atoms with Crippen molar-refractivity contribution < 1.29 is 9.47 Å². The van der Waals surface area contributed by atoms with Gasteiger partial charge in [-0.15, -0.1) is 0 Å². The summed E-state index contributed by atoms with van der Waals surface area (Å²) in [5, 5.41) is 0. The monoisotopic (exact) mass is 284 g/mol. The van der Waals surface area contributed by atoms with Crippen molar-refractivity contribution >= 4 is 5.69 Å². The average molecular weight is 284 g/mol. The minimum absolute atomic E-state index is 0.319. The molecule has 2 aromatic rings. The van der Waals surface area contributed by atoms with Crippen LogP contribution in [0.4, 0.5) is 5.69 Å². The van der Waals surface area contributed by atoms with Crippen LogP contribution >= 0.6 is 0 Å². The van der Waals surface area contributed by atoms with E-state index in [0.717, 1.165) is 36.8 Å². The third-order valence-corrected chi connectivity index (χ3v) is 3.65. The molecule has 0 atom stereocenters. The largest absolute Gasteiger partial charge is 0.454 e. The van der Waals surface area contributed by atoms with Gasteiger partial charge in [-0.1, -0.05) is 25.1 Å². The third-order valence-electron chi connectivity index (χ3n) is 3.65. The Morgan fingerprint density at radius 2 is 1.76 bits per heavy atom. The van der Waals surface area contributed by atoms with Gasteiger partial charge < -0.3 is 15.2 Å². The van der Waals surface area contributed by atoms with E-state index >= 15 is 0 Å². The minimum Gasteiger partial charge on any atom is -0.454 e. The summed E-state index contributed by atoms with van der Waals surface area (Å²) in [5.74, 6) is 1.67. The van der Waals surface area contributed by atoms with Crippen LogP contribution in [-0.4, -0.2) is 18.2 Å². The van der Waals surface area contributed by atoms with Crippen molar-refractivity contribution in [1.29, 1.82) is 0 Å². The SMILES string of the molecule is CCN(Cc1cccc(N)c1)Cc1ccc2c(c1)OCO2. The number of fused-ring (bicyclic) bond motifs is 1. The fourth-order valence-electron chi connectivity index (χ4n) is 2.53. The molecule has 0 unspecified atom stereocenters. The number of rotatable bonds is 5. The normalized spacial score (nSPS) is 12.9. The Kier molecular flexibility index (Phi) is 3.97. The maximum atomic E-state index is 5.84. The molecule has 4 heteroatoms. The first-order chi connectivity index (χ1) is 10.2. The molecule has 21 heavy (non-hydrogen) atoms. The van der Waals surface area contributed by atoms with E-state index in [2.05, 4.69) is 30.0 Å². The maximum absolute atomic E-state index is 5.84. The Bertz CT molecular complexity index is 628. The van der Waals surface area contributed by atoms with Gasteiger partial charge in [0.05, 0.1) is 0 Å². The number of hydrogen-bond donors (Lipinski definition) is 1. The summed E-state index contributed by atoms with van der Waals surface area (Å²) in [4.78, 5) is 2.37. The van der Waals surface area contributed by atoms with Crippen LogP contribution in [0.1, 0.15) is 18.1 Å². The Balaban J connectivity index is 1.69. The highest BCUT2D eigenvalue weighted by Crippen LogP contribution is 2.32. The predicted octanol–water partition coefficient (Wildman–Crippen LogP) is 3.02. The fraction of sp³-hybridized carbons (Fsp3) is 0.294. The van der Waals surface area contributed by atoms with Crippen LogP contribution in [0, 0.1) is 0 Å². The van der Waals surface area contributed by atoms with Crippen molar-refractivity contribution in [2.75, 3.05) is 19.1 Å². The van der Waals surface area contributed by atoms with E-state index in [-0.39, 0.29) is 0 Å². The number of benzene rings is 2. The molecule has 0 aliphatic carbocycles. The molecule has 3 rings (SSSR count). The Morgan fingerprint density at radius 3 is 2.52 bits per heavy atom. The van der Waals surface area contributed by atoms with Gasteiger partial charge in [0.15, 0.2) is 11.5 Å². The summed E-state index contributed by atoms with van der Waals surface area (Å²) in [6.45, 7) is 5.22. The molecule has 0 saturated heterocycles. The van der Waals surface area contributed by atoms with Gasteiger partial charge in [-0.3, -0.25) is 4.90 Å². The zero-order chi connectivity index (χ0) is 14.7. The third kappa shape index (κ3) is 3.28. The average Bonchev–Trinajstić information content (AvgIpc) is 2.94. The molecule has 0 spiro atoms. The van der Waals surface area contributed by atoms with Gasteiger partial charge in [-0.2, -0.15) is 0 Å². The second-order valence-electron chi connectivity index (χ2n) is 5.24. The van der Waals surface area contributed by atoms with Crippen LogP contribution in [0.15, 0.2) is 42.5 Å². The molecule has 0 radical (unpaired) electrons. The van der Waals surface area contributed by atoms with E-state index in [1.165, 1.54) is 11.1 Å². The van der Waals surface area contributed by atoms with Gasteiger partial charge in [0.1, 0.15) is 0 Å². The Morgan fingerprint density at radius 1 is 1.00 bits per heavy atom. The quantitative estimate of drug-likeness (QED) is 0.857. The molecular formula is C17H20N2O2. The van der Waals surface area contributed by atoms with Crippen molar-refractivity contribution in [1.82, 2.24) is 4.90 Å². The molecular weight excluding hydrogens is 264 g/mol. The van der Waals surface area contributed by atoms with Gasteiger partial charge in [0, 0.05) is 18.8 Å². The van der Waals surface area contributed by atoms with Gasteiger partial charge in [0.25, 0.3) is 0 Å². The van der Waals surface area contributed by atoms with Gasteiger partial charge in [-0.05, 0) is 41.9 Å². The highest BCUT2D eigenvalue weighted by Gasteiger charge is 2.14. The number of nitrogens with zero attached hydrogens (tertiary/aromatic N) is 1. The first-order valence-electron chi connectivity index (χ1n) is 7.20. The van der Waals surface area contributed by atoms with Crippen molar-refractivity contribution in [3.8, 4) is 11.5 Å². The number of hydrogen-bond acceptors (Lipinski definition) is 4. The number of nitrogens with two attached hydrogens (primary N) is 1. The lowest BCUT2D eigenvalue weighted by molar-refractivity contribution is 0.174. The standard InChI is InChI=1S/C17H20N2O2/c1-2-19(10-13-4-3-5-15(18)8-13)11-14-6-7-16-17(9-14)21-12-20-16/h3-9H,2,10-12,18H2,1H3. The fourth-order valence-corrected chi connectivity index (χ4v) is 2.53. The summed E-state index contributed by atoms with van der Waals surface area (Å²) in [5.41, 5.74) is 9.11. The van der Waals surface area contributed by atoms with E-state index in [1.54, 1.807) is 0 Å². The van der Waals surface area contributed by atoms with Crippen LogP contribution in [0.3, 0.4) is 0 Å². The number of anilines is 1. The number of nitrogen functional groups attached to an aromatic ring is 1. The van der Waals surface area contributed by atoms with E-state index in [1.807, 2.05) is 24.3 Å². The minimum atomic E-state index is 0.319. The first-order valence-corrected chi connectivity index (χ1v) is 7.20. The molecule has 1 aliphatic rings. The first kappa shape index (κ1) is 13.8. The molecule has 1 aliphatic heterocycles. The van der Waals surface area contributed by atoms with E-state index in [0.29, 0.717) is 6.79 Å². The van der Waals surface area contributed by atoms with E-state index in [4.69, 9.17) is 15.2 Å². The molecule has 1 heterocycles. The summed E-state index contributed by atoms with van der Waals surface area (Å²) in [6, 6.07) is 14.2. The van der Waals surface area contributed by atoms with Gasteiger partial charge in [0.2, 0.25) is 6.79 Å². The lowest BCUT2D eigenvalue weighted by Crippen LogP contribution is -2.22. The second kappa shape index (κ2) is 6.06. The molecule has 0 fully saturated rings. The maximum Gasteiger partial charge on any atom is 0.231 e. The summed E-state index contributed by atoms with van der Waals surface area (Å²) in [6.07, 6.45) is 0. The lowest BCUT2D eigenvalue weighted by atomic mass is 10.1. The molecule has 2 aromatic carbocycles. The van der Waals surface area contributed by atoms with E-state index < -0.39 is 0 Å². The van der Waals surface area contributed by atoms with Crippen LogP contribution < -0.4 is 15.2 Å². The van der Waals surface area contributed by atoms with Crippen LogP contribution in [0.5, 0.6) is 11.5 Å². The van der Waals surface area contributed by atoms with Crippen molar-refractivity contribution in [2.24, 2.45) is 0 Å².